The third-order valence-corrected chi connectivity index (χ3v) is 2.43. The van der Waals surface area contributed by atoms with Crippen LogP contribution in [0.2, 0.25) is 0 Å². The molecule has 3 nitrogen and oxygen atoms in total. The van der Waals surface area contributed by atoms with Gasteiger partial charge in [-0.25, -0.2) is 9.37 Å². The van der Waals surface area contributed by atoms with Gasteiger partial charge in [-0.05, 0) is 25.1 Å². The average molecular weight is 219 g/mol. The Kier molecular flexibility index (Phi) is 3.31. The van der Waals surface area contributed by atoms with E-state index >= 15 is 0 Å². The second kappa shape index (κ2) is 4.90. The predicted molar refractivity (Wildman–Crippen MR) is 63.9 cm³/mol. The van der Waals surface area contributed by atoms with Crippen molar-refractivity contribution in [3.8, 4) is 0 Å². The molecule has 1 heterocycles. The Bertz CT molecular complexity index is 485. The second-order valence-electron chi connectivity index (χ2n) is 3.56. The number of pyridine rings is 1. The fraction of sp³-hybridized carbons (Fsp3) is 0.250. The summed E-state index contributed by atoms with van der Waals surface area (Å²) >= 11 is 0. The van der Waals surface area contributed by atoms with Crippen LogP contribution in [0.15, 0.2) is 30.5 Å². The van der Waals surface area contributed by atoms with Crippen LogP contribution in [0.1, 0.15) is 6.42 Å². The summed E-state index contributed by atoms with van der Waals surface area (Å²) in [7, 11) is 0. The minimum Gasteiger partial charge on any atom is -0.370 e. The topological polar surface area (TPSA) is 50.9 Å². The van der Waals surface area contributed by atoms with E-state index in [-0.39, 0.29) is 5.82 Å². The van der Waals surface area contributed by atoms with Crippen LogP contribution in [0.4, 0.5) is 10.2 Å². The summed E-state index contributed by atoms with van der Waals surface area (Å²) in [5.41, 5.74) is 5.41. The Morgan fingerprint density at radius 1 is 1.25 bits per heavy atom. The summed E-state index contributed by atoms with van der Waals surface area (Å²) in [5.74, 6) is 0.493. The van der Waals surface area contributed by atoms with Gasteiger partial charge in [0.1, 0.15) is 11.6 Å². The maximum absolute atomic E-state index is 13.5. The lowest BCUT2D eigenvalue weighted by Gasteiger charge is -2.08. The van der Waals surface area contributed by atoms with Gasteiger partial charge < -0.3 is 11.1 Å². The Hall–Kier alpha value is -1.68. The standard InChI is InChI=1S/C12H14FN3/c13-11-4-1-3-10-9(11)5-8-16-12(10)15-7-2-6-14/h1,3-5,8H,2,6-7,14H2,(H,15,16). The molecule has 0 bridgehead atoms. The van der Waals surface area contributed by atoms with Gasteiger partial charge in [-0.3, -0.25) is 0 Å². The van der Waals surface area contributed by atoms with E-state index in [1.54, 1.807) is 18.3 Å². The highest BCUT2D eigenvalue weighted by Gasteiger charge is 2.04. The molecule has 0 atom stereocenters. The van der Waals surface area contributed by atoms with E-state index in [0.717, 1.165) is 18.4 Å². The largest absolute Gasteiger partial charge is 0.370 e. The lowest BCUT2D eigenvalue weighted by Crippen LogP contribution is -2.09. The number of hydrogen-bond donors (Lipinski definition) is 2. The van der Waals surface area contributed by atoms with Crippen molar-refractivity contribution in [3.05, 3.63) is 36.3 Å². The molecule has 0 aliphatic rings. The molecule has 1 aromatic carbocycles. The highest BCUT2D eigenvalue weighted by Crippen LogP contribution is 2.22. The van der Waals surface area contributed by atoms with E-state index < -0.39 is 0 Å². The number of nitrogens with zero attached hydrogens (tertiary/aromatic N) is 1. The van der Waals surface area contributed by atoms with E-state index in [1.807, 2.05) is 6.07 Å². The summed E-state index contributed by atoms with van der Waals surface area (Å²) < 4.78 is 13.5. The number of hydrogen-bond acceptors (Lipinski definition) is 3. The smallest absolute Gasteiger partial charge is 0.133 e. The zero-order chi connectivity index (χ0) is 11.4. The summed E-state index contributed by atoms with van der Waals surface area (Å²) in [5, 5.41) is 4.55. The molecule has 0 fully saturated rings. The minimum absolute atomic E-state index is 0.221. The summed E-state index contributed by atoms with van der Waals surface area (Å²) in [6.07, 6.45) is 2.48. The number of nitrogens with one attached hydrogen (secondary N) is 1. The number of fused-ring (bicyclic) bond motifs is 1. The molecule has 0 aliphatic heterocycles. The van der Waals surface area contributed by atoms with Gasteiger partial charge in [0.05, 0.1) is 0 Å². The first-order chi connectivity index (χ1) is 7.83. The molecular formula is C12H14FN3. The number of benzene rings is 1. The van der Waals surface area contributed by atoms with Crippen molar-refractivity contribution in [1.29, 1.82) is 0 Å². The molecule has 0 unspecified atom stereocenters. The Labute approximate surface area is 93.5 Å². The highest BCUT2D eigenvalue weighted by molar-refractivity contribution is 5.92. The predicted octanol–water partition coefficient (Wildman–Crippen LogP) is 2.13. The third-order valence-electron chi connectivity index (χ3n) is 2.43. The van der Waals surface area contributed by atoms with Crippen molar-refractivity contribution in [3.63, 3.8) is 0 Å². The van der Waals surface area contributed by atoms with Gasteiger partial charge in [0, 0.05) is 23.5 Å². The van der Waals surface area contributed by atoms with Crippen LogP contribution in [-0.4, -0.2) is 18.1 Å². The highest BCUT2D eigenvalue weighted by atomic mass is 19.1. The van der Waals surface area contributed by atoms with Crippen molar-refractivity contribution in [2.24, 2.45) is 5.73 Å². The molecule has 16 heavy (non-hydrogen) atoms. The fourth-order valence-electron chi connectivity index (χ4n) is 1.62. The van der Waals surface area contributed by atoms with Gasteiger partial charge in [-0.15, -0.1) is 0 Å². The van der Waals surface area contributed by atoms with E-state index in [1.165, 1.54) is 6.07 Å². The molecule has 84 valence electrons. The molecule has 1 aromatic heterocycles. The molecule has 2 rings (SSSR count). The van der Waals surface area contributed by atoms with Crippen LogP contribution in [0.25, 0.3) is 10.8 Å². The second-order valence-corrected chi connectivity index (χ2v) is 3.56. The number of rotatable bonds is 4. The first-order valence-electron chi connectivity index (χ1n) is 5.30. The van der Waals surface area contributed by atoms with Crippen LogP contribution >= 0.6 is 0 Å². The summed E-state index contributed by atoms with van der Waals surface area (Å²) in [4.78, 5) is 4.20. The van der Waals surface area contributed by atoms with Crippen molar-refractivity contribution >= 4 is 16.6 Å². The van der Waals surface area contributed by atoms with Crippen LogP contribution in [-0.2, 0) is 0 Å². The van der Waals surface area contributed by atoms with Gasteiger partial charge in [0.25, 0.3) is 0 Å². The van der Waals surface area contributed by atoms with Gasteiger partial charge in [0.15, 0.2) is 0 Å². The van der Waals surface area contributed by atoms with Gasteiger partial charge in [-0.2, -0.15) is 0 Å². The summed E-state index contributed by atoms with van der Waals surface area (Å²) in [6.45, 7) is 1.38. The monoisotopic (exact) mass is 219 g/mol. The Balaban J connectivity index is 2.34. The number of aromatic nitrogens is 1. The lowest BCUT2D eigenvalue weighted by atomic mass is 10.1. The Morgan fingerprint density at radius 3 is 2.94 bits per heavy atom. The van der Waals surface area contributed by atoms with Gasteiger partial charge in [-0.1, -0.05) is 12.1 Å². The van der Waals surface area contributed by atoms with Crippen LogP contribution < -0.4 is 11.1 Å². The van der Waals surface area contributed by atoms with Crippen LogP contribution in [0.3, 0.4) is 0 Å². The van der Waals surface area contributed by atoms with E-state index in [0.29, 0.717) is 17.7 Å². The molecule has 0 aliphatic carbocycles. The average Bonchev–Trinajstić information content (AvgIpc) is 2.31. The molecule has 3 N–H and O–H groups in total. The van der Waals surface area contributed by atoms with Crippen molar-refractivity contribution < 1.29 is 4.39 Å². The molecule has 4 heteroatoms. The lowest BCUT2D eigenvalue weighted by molar-refractivity contribution is 0.640. The first kappa shape index (κ1) is 10.8. The van der Waals surface area contributed by atoms with Crippen molar-refractivity contribution in [2.75, 3.05) is 18.4 Å². The normalized spacial score (nSPS) is 10.6. The van der Waals surface area contributed by atoms with Crippen LogP contribution in [0.5, 0.6) is 0 Å². The Morgan fingerprint density at radius 2 is 2.12 bits per heavy atom. The van der Waals surface area contributed by atoms with E-state index in [4.69, 9.17) is 5.73 Å². The molecular weight excluding hydrogens is 205 g/mol. The fourth-order valence-corrected chi connectivity index (χ4v) is 1.62. The van der Waals surface area contributed by atoms with Crippen molar-refractivity contribution in [1.82, 2.24) is 4.98 Å². The minimum atomic E-state index is -0.221. The molecule has 2 aromatic rings. The zero-order valence-electron chi connectivity index (χ0n) is 8.91. The van der Waals surface area contributed by atoms with E-state index in [2.05, 4.69) is 10.3 Å². The molecule has 0 saturated carbocycles. The van der Waals surface area contributed by atoms with E-state index in [9.17, 15) is 4.39 Å². The molecule has 0 radical (unpaired) electrons. The number of halogens is 1. The molecule has 0 saturated heterocycles. The van der Waals surface area contributed by atoms with Gasteiger partial charge >= 0.3 is 0 Å². The SMILES string of the molecule is NCCCNc1nccc2c(F)cccc12. The maximum Gasteiger partial charge on any atom is 0.133 e. The maximum atomic E-state index is 13.5. The van der Waals surface area contributed by atoms with Crippen molar-refractivity contribution in [2.45, 2.75) is 6.42 Å². The third kappa shape index (κ3) is 2.12. The quantitative estimate of drug-likeness (QED) is 0.774. The summed E-state index contributed by atoms with van der Waals surface area (Å²) in [6, 6.07) is 6.68. The number of nitrogens with two attached hydrogens (primary N) is 1. The molecule has 0 spiro atoms. The van der Waals surface area contributed by atoms with Gasteiger partial charge in [0.2, 0.25) is 0 Å². The molecule has 0 amide bonds. The first-order valence-corrected chi connectivity index (χ1v) is 5.30. The van der Waals surface area contributed by atoms with Crippen LogP contribution in [0, 0.1) is 5.82 Å². The number of anilines is 1. The zero-order valence-corrected chi connectivity index (χ0v) is 8.91.